The molecule has 0 unspecified atom stereocenters. The maximum atomic E-state index is 12.6. The third-order valence-electron chi connectivity index (χ3n) is 3.62. The first-order valence-corrected chi connectivity index (χ1v) is 9.81. The third-order valence-corrected chi connectivity index (χ3v) is 4.98. The molecule has 2 rings (SSSR count). The lowest BCUT2D eigenvalue weighted by molar-refractivity contribution is -0.137. The predicted molar refractivity (Wildman–Crippen MR) is 98.5 cm³/mol. The summed E-state index contributed by atoms with van der Waals surface area (Å²) in [6.07, 6.45) is -3.54. The standard InChI is InChI=1S/C17H16ClF3N2O3S/c1-11-3-6-13(18)9-15(11)23(27(2,25)26)10-16(24)22-14-7-4-12(5-8-14)17(19,20)21/h3-9H,10H2,1-2H3,(H,22,24). The highest BCUT2D eigenvalue weighted by atomic mass is 35.5. The van der Waals surface area contributed by atoms with Gasteiger partial charge in [-0.1, -0.05) is 17.7 Å². The molecule has 10 heteroatoms. The normalized spacial score (nSPS) is 11.9. The van der Waals surface area contributed by atoms with Crippen LogP contribution in [0.5, 0.6) is 0 Å². The summed E-state index contributed by atoms with van der Waals surface area (Å²) in [5.41, 5.74) is 0.0943. The van der Waals surface area contributed by atoms with Crippen molar-refractivity contribution in [2.45, 2.75) is 13.1 Å². The van der Waals surface area contributed by atoms with Crippen molar-refractivity contribution in [1.29, 1.82) is 0 Å². The van der Waals surface area contributed by atoms with Gasteiger partial charge in [-0.2, -0.15) is 13.2 Å². The van der Waals surface area contributed by atoms with Gasteiger partial charge in [0.1, 0.15) is 6.54 Å². The number of halogens is 4. The van der Waals surface area contributed by atoms with Crippen LogP contribution in [0.15, 0.2) is 42.5 Å². The summed E-state index contributed by atoms with van der Waals surface area (Å²) in [6, 6.07) is 8.46. The molecule has 0 bridgehead atoms. The Kier molecular flexibility index (Phi) is 6.06. The highest BCUT2D eigenvalue weighted by Crippen LogP contribution is 2.30. The Bertz CT molecular complexity index is 945. The number of carbonyl (C=O) groups is 1. The number of rotatable bonds is 5. The highest BCUT2D eigenvalue weighted by molar-refractivity contribution is 7.92. The number of amides is 1. The predicted octanol–water partition coefficient (Wildman–Crippen LogP) is 4.07. The van der Waals surface area contributed by atoms with E-state index < -0.39 is 34.2 Å². The first-order valence-electron chi connectivity index (χ1n) is 7.59. The van der Waals surface area contributed by atoms with E-state index in [2.05, 4.69) is 5.32 Å². The Balaban J connectivity index is 2.21. The summed E-state index contributed by atoms with van der Waals surface area (Å²) < 4.78 is 62.8. The molecule has 0 fully saturated rings. The van der Waals surface area contributed by atoms with Crippen molar-refractivity contribution >= 4 is 38.9 Å². The van der Waals surface area contributed by atoms with Gasteiger partial charge in [0.05, 0.1) is 17.5 Å². The number of sulfonamides is 1. The molecule has 146 valence electrons. The average Bonchev–Trinajstić information content (AvgIpc) is 2.54. The minimum atomic E-state index is -4.49. The maximum Gasteiger partial charge on any atom is 0.416 e. The molecule has 0 heterocycles. The average molecular weight is 421 g/mol. The van der Waals surface area contributed by atoms with Crippen molar-refractivity contribution < 1.29 is 26.4 Å². The van der Waals surface area contributed by atoms with E-state index in [0.29, 0.717) is 10.6 Å². The zero-order chi connectivity index (χ0) is 20.4. The molecule has 1 N–H and O–H groups in total. The monoisotopic (exact) mass is 420 g/mol. The van der Waals surface area contributed by atoms with E-state index in [1.807, 2.05) is 0 Å². The number of hydrogen-bond acceptors (Lipinski definition) is 3. The van der Waals surface area contributed by atoms with Crippen LogP contribution in [0.2, 0.25) is 5.02 Å². The molecule has 5 nitrogen and oxygen atoms in total. The highest BCUT2D eigenvalue weighted by Gasteiger charge is 2.30. The Labute approximate surface area is 159 Å². The SMILES string of the molecule is Cc1ccc(Cl)cc1N(CC(=O)Nc1ccc(C(F)(F)F)cc1)S(C)(=O)=O. The van der Waals surface area contributed by atoms with Gasteiger partial charge in [-0.15, -0.1) is 0 Å². The summed E-state index contributed by atoms with van der Waals surface area (Å²) in [5, 5.41) is 2.68. The molecule has 0 atom stereocenters. The van der Waals surface area contributed by atoms with Crippen LogP contribution in [0, 0.1) is 6.92 Å². The van der Waals surface area contributed by atoms with E-state index >= 15 is 0 Å². The smallest absolute Gasteiger partial charge is 0.325 e. The van der Waals surface area contributed by atoms with Crippen molar-refractivity contribution in [2.75, 3.05) is 22.4 Å². The van der Waals surface area contributed by atoms with E-state index in [0.717, 1.165) is 34.8 Å². The second-order valence-corrected chi connectivity index (χ2v) is 8.17. The maximum absolute atomic E-state index is 12.6. The summed E-state index contributed by atoms with van der Waals surface area (Å²) in [4.78, 5) is 12.2. The Morgan fingerprint density at radius 1 is 1.15 bits per heavy atom. The van der Waals surface area contributed by atoms with E-state index in [1.165, 1.54) is 6.07 Å². The molecule has 0 radical (unpaired) electrons. The first-order chi connectivity index (χ1) is 12.4. The topological polar surface area (TPSA) is 66.5 Å². The largest absolute Gasteiger partial charge is 0.416 e. The summed E-state index contributed by atoms with van der Waals surface area (Å²) in [5.74, 6) is -0.709. The van der Waals surface area contributed by atoms with Crippen LogP contribution in [0.3, 0.4) is 0 Å². The second-order valence-electron chi connectivity index (χ2n) is 5.82. The van der Waals surface area contributed by atoms with Crippen LogP contribution >= 0.6 is 11.6 Å². The van der Waals surface area contributed by atoms with Crippen molar-refractivity contribution in [3.8, 4) is 0 Å². The zero-order valence-electron chi connectivity index (χ0n) is 14.3. The molecule has 0 aliphatic carbocycles. The minimum absolute atomic E-state index is 0.115. The minimum Gasteiger partial charge on any atom is -0.325 e. The third kappa shape index (κ3) is 5.61. The van der Waals surface area contributed by atoms with Gasteiger partial charge < -0.3 is 5.32 Å². The molecular weight excluding hydrogens is 405 g/mol. The number of aryl methyl sites for hydroxylation is 1. The summed E-state index contributed by atoms with van der Waals surface area (Å²) in [6.45, 7) is 1.11. The van der Waals surface area contributed by atoms with Crippen LogP contribution in [0.1, 0.15) is 11.1 Å². The fourth-order valence-corrected chi connectivity index (χ4v) is 3.38. The van der Waals surface area contributed by atoms with E-state index in [-0.39, 0.29) is 11.4 Å². The van der Waals surface area contributed by atoms with Crippen LogP contribution in [-0.2, 0) is 21.0 Å². The van der Waals surface area contributed by atoms with Gasteiger partial charge in [0.2, 0.25) is 15.9 Å². The molecule has 0 saturated heterocycles. The molecule has 0 spiro atoms. The molecule has 0 aromatic heterocycles. The number of nitrogens with one attached hydrogen (secondary N) is 1. The molecule has 1 amide bonds. The van der Waals surface area contributed by atoms with Crippen molar-refractivity contribution in [2.24, 2.45) is 0 Å². The molecular formula is C17H16ClF3N2O3S. The number of anilines is 2. The van der Waals surface area contributed by atoms with E-state index in [4.69, 9.17) is 11.6 Å². The van der Waals surface area contributed by atoms with Gasteiger partial charge in [0, 0.05) is 10.7 Å². The fraction of sp³-hybridized carbons (Fsp3) is 0.235. The molecule has 0 saturated carbocycles. The van der Waals surface area contributed by atoms with Gasteiger partial charge in [-0.25, -0.2) is 8.42 Å². The Morgan fingerprint density at radius 2 is 1.74 bits per heavy atom. The van der Waals surface area contributed by atoms with Crippen molar-refractivity contribution in [3.63, 3.8) is 0 Å². The lowest BCUT2D eigenvalue weighted by Crippen LogP contribution is -2.37. The van der Waals surface area contributed by atoms with E-state index in [1.54, 1.807) is 19.1 Å². The van der Waals surface area contributed by atoms with Gasteiger partial charge in [-0.3, -0.25) is 9.10 Å². The lowest BCUT2D eigenvalue weighted by atomic mass is 10.2. The molecule has 0 aliphatic heterocycles. The molecule has 0 aliphatic rings. The van der Waals surface area contributed by atoms with Gasteiger partial charge in [0.15, 0.2) is 0 Å². The molecule has 2 aromatic carbocycles. The summed E-state index contributed by atoms with van der Waals surface area (Å²) in [7, 11) is -3.81. The zero-order valence-corrected chi connectivity index (χ0v) is 15.9. The number of hydrogen-bond donors (Lipinski definition) is 1. The van der Waals surface area contributed by atoms with Gasteiger partial charge >= 0.3 is 6.18 Å². The number of nitrogens with zero attached hydrogens (tertiary/aromatic N) is 1. The van der Waals surface area contributed by atoms with Crippen LogP contribution in [0.25, 0.3) is 0 Å². The van der Waals surface area contributed by atoms with Gasteiger partial charge in [-0.05, 0) is 48.9 Å². The fourth-order valence-electron chi connectivity index (χ4n) is 2.31. The van der Waals surface area contributed by atoms with Crippen molar-refractivity contribution in [1.82, 2.24) is 0 Å². The van der Waals surface area contributed by atoms with Crippen LogP contribution in [0.4, 0.5) is 24.5 Å². The number of carbonyl (C=O) groups excluding carboxylic acids is 1. The van der Waals surface area contributed by atoms with Crippen LogP contribution < -0.4 is 9.62 Å². The Morgan fingerprint density at radius 3 is 2.26 bits per heavy atom. The second kappa shape index (κ2) is 7.77. The molecule has 27 heavy (non-hydrogen) atoms. The van der Waals surface area contributed by atoms with Crippen LogP contribution in [-0.4, -0.2) is 27.1 Å². The van der Waals surface area contributed by atoms with E-state index in [9.17, 15) is 26.4 Å². The lowest BCUT2D eigenvalue weighted by Gasteiger charge is -2.24. The van der Waals surface area contributed by atoms with Gasteiger partial charge in [0.25, 0.3) is 0 Å². The first kappa shape index (κ1) is 21.0. The number of benzene rings is 2. The number of alkyl halides is 3. The summed E-state index contributed by atoms with van der Waals surface area (Å²) >= 11 is 5.91. The van der Waals surface area contributed by atoms with Crippen molar-refractivity contribution in [3.05, 3.63) is 58.6 Å². The quantitative estimate of drug-likeness (QED) is 0.792. The molecule has 2 aromatic rings. The Hall–Kier alpha value is -2.26.